The molecule has 6 nitrogen and oxygen atoms in total. The quantitative estimate of drug-likeness (QED) is 0.184. The van der Waals surface area contributed by atoms with E-state index in [1.807, 2.05) is 12.3 Å². The topological polar surface area (TPSA) is 68.7 Å². The van der Waals surface area contributed by atoms with E-state index < -0.39 is 0 Å². The Hall–Kier alpha value is -1.89. The van der Waals surface area contributed by atoms with Gasteiger partial charge in [0, 0.05) is 29.5 Å². The van der Waals surface area contributed by atoms with Gasteiger partial charge in [-0.1, -0.05) is 47.1 Å². The normalized spacial score (nSPS) is 15.8. The molecule has 0 amide bonds. The van der Waals surface area contributed by atoms with E-state index in [1.54, 1.807) is 11.3 Å². The van der Waals surface area contributed by atoms with Gasteiger partial charge >= 0.3 is 11.9 Å². The summed E-state index contributed by atoms with van der Waals surface area (Å²) in [7, 11) is 1.39. The number of esters is 2. The SMILES string of the molecule is CC/C=C(\CCCC)N(COC(=O)CCC)C(CC(c1nc(C(=O)OC)cs1)C1CC1)C(C)C. The number of thiazole rings is 1. The fraction of sp³-hybridized carbons (Fsp3) is 0.741. The Morgan fingerprint density at radius 3 is 2.50 bits per heavy atom. The van der Waals surface area contributed by atoms with Crippen molar-refractivity contribution in [1.29, 1.82) is 0 Å². The molecule has 2 unspecified atom stereocenters. The van der Waals surface area contributed by atoms with Gasteiger partial charge in [0.2, 0.25) is 0 Å². The second kappa shape index (κ2) is 14.5. The molecular formula is C27H44N2O4S. The Morgan fingerprint density at radius 1 is 1.21 bits per heavy atom. The first-order valence-corrected chi connectivity index (χ1v) is 13.9. The number of carbonyl (C=O) groups excluding carboxylic acids is 2. The number of methoxy groups -OCH3 is 1. The van der Waals surface area contributed by atoms with E-state index in [4.69, 9.17) is 9.47 Å². The standard InChI is InChI=1S/C27H44N2O4S/c1-7-10-13-21(11-8-2)29(18-33-25(30)12-9-3)24(19(4)5)16-22(20-14-15-20)26-28-23(17-34-26)27(31)32-6/h11,17,19-20,22,24H,7-10,12-16,18H2,1-6H3/b21-11+. The molecule has 1 aliphatic rings. The van der Waals surface area contributed by atoms with Gasteiger partial charge < -0.3 is 14.4 Å². The van der Waals surface area contributed by atoms with Crippen LogP contribution in [0.1, 0.15) is 114 Å². The van der Waals surface area contributed by atoms with Crippen LogP contribution in [0.5, 0.6) is 0 Å². The molecule has 2 atom stereocenters. The van der Waals surface area contributed by atoms with E-state index in [1.165, 1.54) is 25.6 Å². The van der Waals surface area contributed by atoms with E-state index >= 15 is 0 Å². The molecule has 1 aliphatic carbocycles. The number of unbranched alkanes of at least 4 members (excludes halogenated alkanes) is 1. The smallest absolute Gasteiger partial charge is 0.357 e. The van der Waals surface area contributed by atoms with E-state index in [0.29, 0.717) is 36.6 Å². The predicted octanol–water partition coefficient (Wildman–Crippen LogP) is 6.92. The molecule has 0 N–H and O–H groups in total. The maximum atomic E-state index is 12.3. The fourth-order valence-corrected chi connectivity index (χ4v) is 5.43. The van der Waals surface area contributed by atoms with Crippen LogP contribution in [-0.2, 0) is 14.3 Å². The van der Waals surface area contributed by atoms with Crippen molar-refractivity contribution in [3.05, 3.63) is 27.9 Å². The lowest BCUT2D eigenvalue weighted by Gasteiger charge is -2.39. The van der Waals surface area contributed by atoms with Gasteiger partial charge in [0.1, 0.15) is 0 Å². The van der Waals surface area contributed by atoms with Gasteiger partial charge in [-0.05, 0) is 56.8 Å². The monoisotopic (exact) mass is 492 g/mol. The predicted molar refractivity (Wildman–Crippen MR) is 138 cm³/mol. The lowest BCUT2D eigenvalue weighted by molar-refractivity contribution is -0.149. The molecular weight excluding hydrogens is 448 g/mol. The number of carbonyl (C=O) groups is 2. The number of ether oxygens (including phenoxy) is 2. The van der Waals surface area contributed by atoms with Gasteiger partial charge in [0.15, 0.2) is 12.4 Å². The third kappa shape index (κ3) is 8.40. The first-order valence-electron chi connectivity index (χ1n) is 13.0. The molecule has 0 aromatic carbocycles. The highest BCUT2D eigenvalue weighted by atomic mass is 32.1. The summed E-state index contributed by atoms with van der Waals surface area (Å²) in [6.45, 7) is 11.2. The molecule has 0 spiro atoms. The van der Waals surface area contributed by atoms with Crippen LogP contribution in [0.25, 0.3) is 0 Å². The van der Waals surface area contributed by atoms with Crippen LogP contribution in [0.15, 0.2) is 17.2 Å². The molecule has 1 aromatic rings. The number of hydrogen-bond acceptors (Lipinski definition) is 7. The van der Waals surface area contributed by atoms with Crippen molar-refractivity contribution in [1.82, 2.24) is 9.88 Å². The number of allylic oxidation sites excluding steroid dienone is 2. The van der Waals surface area contributed by atoms with Crippen LogP contribution in [0, 0.1) is 11.8 Å². The van der Waals surface area contributed by atoms with Crippen LogP contribution in [0.2, 0.25) is 0 Å². The second-order valence-corrected chi connectivity index (χ2v) is 10.5. The van der Waals surface area contributed by atoms with Gasteiger partial charge in [-0.2, -0.15) is 0 Å². The van der Waals surface area contributed by atoms with Crippen LogP contribution in [0.3, 0.4) is 0 Å². The van der Waals surface area contributed by atoms with Crippen LogP contribution < -0.4 is 0 Å². The van der Waals surface area contributed by atoms with Crippen molar-refractivity contribution < 1.29 is 19.1 Å². The molecule has 1 saturated carbocycles. The lowest BCUT2D eigenvalue weighted by atomic mass is 9.88. The highest BCUT2D eigenvalue weighted by Gasteiger charge is 2.38. The summed E-state index contributed by atoms with van der Waals surface area (Å²) in [6.07, 6.45) is 11.0. The van der Waals surface area contributed by atoms with Gasteiger partial charge in [-0.15, -0.1) is 11.3 Å². The Labute approximate surface area is 210 Å². The lowest BCUT2D eigenvalue weighted by Crippen LogP contribution is -2.41. The zero-order valence-corrected chi connectivity index (χ0v) is 22.8. The largest absolute Gasteiger partial charge is 0.464 e. The number of aromatic nitrogens is 1. The van der Waals surface area contributed by atoms with Gasteiger partial charge in [0.05, 0.1) is 12.1 Å². The van der Waals surface area contributed by atoms with E-state index in [-0.39, 0.29) is 18.0 Å². The van der Waals surface area contributed by atoms with E-state index in [0.717, 1.165) is 43.5 Å². The molecule has 192 valence electrons. The van der Waals surface area contributed by atoms with Gasteiger partial charge in [-0.25, -0.2) is 9.78 Å². The summed E-state index contributed by atoms with van der Waals surface area (Å²) < 4.78 is 10.6. The number of hydrogen-bond donors (Lipinski definition) is 0. The van der Waals surface area contributed by atoms with Gasteiger partial charge in [-0.3, -0.25) is 4.79 Å². The number of rotatable bonds is 16. The molecule has 1 heterocycles. The van der Waals surface area contributed by atoms with Crippen LogP contribution in [-0.4, -0.2) is 41.7 Å². The van der Waals surface area contributed by atoms with Crippen molar-refractivity contribution >= 4 is 23.3 Å². The summed E-state index contributed by atoms with van der Waals surface area (Å²) in [5, 5.41) is 2.83. The molecule has 2 rings (SSSR count). The summed E-state index contributed by atoms with van der Waals surface area (Å²) in [6, 6.07) is 0.208. The van der Waals surface area contributed by atoms with Gasteiger partial charge in [0.25, 0.3) is 0 Å². The summed E-state index contributed by atoms with van der Waals surface area (Å²) >= 11 is 1.56. The minimum Gasteiger partial charge on any atom is -0.464 e. The average Bonchev–Trinajstić information content (AvgIpc) is 3.54. The zero-order chi connectivity index (χ0) is 25.1. The van der Waals surface area contributed by atoms with Crippen molar-refractivity contribution in [3.8, 4) is 0 Å². The molecule has 7 heteroatoms. The van der Waals surface area contributed by atoms with Crippen molar-refractivity contribution in [3.63, 3.8) is 0 Å². The van der Waals surface area contributed by atoms with Crippen molar-refractivity contribution in [2.24, 2.45) is 11.8 Å². The molecule has 0 saturated heterocycles. The maximum Gasteiger partial charge on any atom is 0.357 e. The molecule has 0 radical (unpaired) electrons. The number of nitrogens with zero attached hydrogens (tertiary/aromatic N) is 2. The Morgan fingerprint density at radius 2 is 1.94 bits per heavy atom. The van der Waals surface area contributed by atoms with Crippen molar-refractivity contribution in [2.75, 3.05) is 13.8 Å². The third-order valence-corrected chi connectivity index (χ3v) is 7.48. The molecule has 34 heavy (non-hydrogen) atoms. The van der Waals surface area contributed by atoms with Crippen LogP contribution in [0.4, 0.5) is 0 Å². The van der Waals surface area contributed by atoms with E-state index in [9.17, 15) is 9.59 Å². The first kappa shape index (κ1) is 28.3. The zero-order valence-electron chi connectivity index (χ0n) is 22.0. The maximum absolute atomic E-state index is 12.3. The third-order valence-electron chi connectivity index (χ3n) is 6.50. The minimum absolute atomic E-state index is 0.136. The van der Waals surface area contributed by atoms with Crippen LogP contribution >= 0.6 is 11.3 Å². The minimum atomic E-state index is -0.380. The fourth-order valence-electron chi connectivity index (χ4n) is 4.44. The Kier molecular flexibility index (Phi) is 12.1. The molecule has 0 aliphatic heterocycles. The highest BCUT2D eigenvalue weighted by Crippen LogP contribution is 2.47. The highest BCUT2D eigenvalue weighted by molar-refractivity contribution is 7.09. The molecule has 0 bridgehead atoms. The second-order valence-electron chi connectivity index (χ2n) is 9.63. The van der Waals surface area contributed by atoms with Crippen molar-refractivity contribution in [2.45, 2.75) is 104 Å². The Balaban J connectivity index is 2.33. The molecule has 1 fully saturated rings. The summed E-state index contributed by atoms with van der Waals surface area (Å²) in [5.41, 5.74) is 1.67. The average molecular weight is 493 g/mol. The molecule has 1 aromatic heterocycles. The summed E-state index contributed by atoms with van der Waals surface area (Å²) in [4.78, 5) is 31.3. The Bertz CT molecular complexity index is 800. The summed E-state index contributed by atoms with van der Waals surface area (Å²) in [5.74, 6) is 0.737. The van der Waals surface area contributed by atoms with E-state index in [2.05, 4.69) is 43.7 Å². The first-order chi connectivity index (χ1) is 16.4.